The van der Waals surface area contributed by atoms with Crippen molar-refractivity contribution in [2.24, 2.45) is 5.92 Å². The molecular formula is C14H15BrFNO2. The van der Waals surface area contributed by atoms with Crippen LogP contribution in [0.15, 0.2) is 24.3 Å². The van der Waals surface area contributed by atoms with Crippen LogP contribution in [0, 0.1) is 5.92 Å². The molecule has 1 aromatic carbocycles. The van der Waals surface area contributed by atoms with E-state index in [9.17, 15) is 9.18 Å². The summed E-state index contributed by atoms with van der Waals surface area (Å²) in [4.78, 5) is 13.8. The molecule has 1 heterocycles. The van der Waals surface area contributed by atoms with E-state index in [0.29, 0.717) is 13.0 Å². The van der Waals surface area contributed by atoms with Gasteiger partial charge in [0.2, 0.25) is 5.91 Å². The first-order valence-electron chi connectivity index (χ1n) is 6.33. The first-order chi connectivity index (χ1) is 9.11. The fourth-order valence-electron chi connectivity index (χ4n) is 3.02. The molecule has 5 heteroatoms. The van der Waals surface area contributed by atoms with E-state index >= 15 is 0 Å². The van der Waals surface area contributed by atoms with Crippen molar-refractivity contribution >= 4 is 21.8 Å². The normalized spacial score (nSPS) is 33.0. The van der Waals surface area contributed by atoms with Crippen LogP contribution in [0.4, 0.5) is 4.39 Å². The van der Waals surface area contributed by atoms with Crippen molar-refractivity contribution in [3.05, 3.63) is 29.8 Å². The first-order valence-corrected chi connectivity index (χ1v) is 7.25. The van der Waals surface area contributed by atoms with Gasteiger partial charge in [0.15, 0.2) is 0 Å². The zero-order valence-corrected chi connectivity index (χ0v) is 12.1. The van der Waals surface area contributed by atoms with Crippen LogP contribution in [0.25, 0.3) is 0 Å². The van der Waals surface area contributed by atoms with Crippen molar-refractivity contribution in [1.29, 1.82) is 0 Å². The quantitative estimate of drug-likeness (QED) is 0.798. The van der Waals surface area contributed by atoms with Crippen LogP contribution in [0.1, 0.15) is 12.0 Å². The Kier molecular flexibility index (Phi) is 3.25. The van der Waals surface area contributed by atoms with Crippen LogP contribution in [-0.2, 0) is 11.3 Å². The molecule has 0 unspecified atom stereocenters. The van der Waals surface area contributed by atoms with Gasteiger partial charge in [-0.15, -0.1) is 0 Å². The summed E-state index contributed by atoms with van der Waals surface area (Å²) in [6, 6.07) is 7.21. The van der Waals surface area contributed by atoms with Crippen molar-refractivity contribution in [2.75, 3.05) is 7.11 Å². The molecule has 102 valence electrons. The second-order valence-corrected chi connectivity index (χ2v) is 6.28. The fourth-order valence-corrected chi connectivity index (χ4v) is 4.00. The number of carbonyl (C=O) groups excluding carboxylic acids is 1. The van der Waals surface area contributed by atoms with Gasteiger partial charge in [-0.05, 0) is 24.1 Å². The maximum atomic E-state index is 14.0. The van der Waals surface area contributed by atoms with Crippen molar-refractivity contribution in [3.8, 4) is 5.75 Å². The average molecular weight is 328 g/mol. The van der Waals surface area contributed by atoms with E-state index in [0.717, 1.165) is 11.3 Å². The number of hydrogen-bond donors (Lipinski definition) is 0. The van der Waals surface area contributed by atoms with Crippen molar-refractivity contribution < 1.29 is 13.9 Å². The number of hydrogen-bond acceptors (Lipinski definition) is 2. The second kappa shape index (κ2) is 4.78. The Hall–Kier alpha value is -1.10. The number of likely N-dealkylation sites (tertiary alicyclic amines) is 1. The number of alkyl halides is 2. The minimum atomic E-state index is -1.03. The van der Waals surface area contributed by atoms with Gasteiger partial charge in [0.25, 0.3) is 0 Å². The van der Waals surface area contributed by atoms with Gasteiger partial charge in [0.1, 0.15) is 11.9 Å². The highest BCUT2D eigenvalue weighted by Gasteiger charge is 2.57. The van der Waals surface area contributed by atoms with Gasteiger partial charge in [-0.1, -0.05) is 28.1 Å². The molecular weight excluding hydrogens is 313 g/mol. The van der Waals surface area contributed by atoms with E-state index in [4.69, 9.17) is 4.74 Å². The van der Waals surface area contributed by atoms with Gasteiger partial charge >= 0.3 is 0 Å². The second-order valence-electron chi connectivity index (χ2n) is 5.11. The average Bonchev–Trinajstić information content (AvgIpc) is 2.82. The van der Waals surface area contributed by atoms with Crippen molar-refractivity contribution in [3.63, 3.8) is 0 Å². The van der Waals surface area contributed by atoms with Crippen LogP contribution in [0.5, 0.6) is 5.75 Å². The Balaban J connectivity index is 1.77. The molecule has 0 radical (unpaired) electrons. The van der Waals surface area contributed by atoms with E-state index in [-0.39, 0.29) is 16.8 Å². The molecule has 2 aliphatic rings. The summed E-state index contributed by atoms with van der Waals surface area (Å²) in [5.41, 5.74) is 0.994. The molecule has 1 aliphatic heterocycles. The largest absolute Gasteiger partial charge is 0.497 e. The monoisotopic (exact) mass is 327 g/mol. The number of piperidine rings is 1. The van der Waals surface area contributed by atoms with Crippen molar-refractivity contribution in [2.45, 2.75) is 30.0 Å². The van der Waals surface area contributed by atoms with Gasteiger partial charge in [-0.2, -0.15) is 0 Å². The zero-order chi connectivity index (χ0) is 13.6. The summed E-state index contributed by atoms with van der Waals surface area (Å²) in [6.45, 7) is 0.465. The Labute approximate surface area is 119 Å². The van der Waals surface area contributed by atoms with E-state index in [2.05, 4.69) is 15.9 Å². The minimum Gasteiger partial charge on any atom is -0.497 e. The third-order valence-corrected chi connectivity index (χ3v) is 4.95. The number of rotatable bonds is 3. The van der Waals surface area contributed by atoms with Crippen LogP contribution in [-0.4, -0.2) is 35.0 Å². The standard InChI is InChI=1S/C14H15BrFNO2/c1-19-9-4-2-8(3-5-9)7-17-13-11(15)6-10(12(13)16)14(17)18/h2-5,10-13H,6-7H2,1H3/t10-,11-,12+,13+/m0/s1. The molecule has 1 aliphatic carbocycles. The number of carbonyl (C=O) groups is 1. The summed E-state index contributed by atoms with van der Waals surface area (Å²) in [7, 11) is 1.61. The van der Waals surface area contributed by atoms with Gasteiger partial charge in [-0.3, -0.25) is 4.79 Å². The predicted molar refractivity (Wildman–Crippen MR) is 73.1 cm³/mol. The number of benzene rings is 1. The number of fused-ring (bicyclic) bond motifs is 2. The molecule has 3 nitrogen and oxygen atoms in total. The highest BCUT2D eigenvalue weighted by atomic mass is 79.9. The van der Waals surface area contributed by atoms with Gasteiger partial charge < -0.3 is 9.64 Å². The number of ether oxygens (including phenoxy) is 1. The third-order valence-electron chi connectivity index (χ3n) is 4.03. The summed E-state index contributed by atoms with van der Waals surface area (Å²) in [6.07, 6.45) is -0.417. The molecule has 0 spiro atoms. The van der Waals surface area contributed by atoms with E-state index in [1.807, 2.05) is 24.3 Å². The number of methoxy groups -OCH3 is 1. The highest BCUT2D eigenvalue weighted by Crippen LogP contribution is 2.44. The summed E-state index contributed by atoms with van der Waals surface area (Å²) >= 11 is 3.49. The van der Waals surface area contributed by atoms with Gasteiger partial charge in [-0.25, -0.2) is 4.39 Å². The lowest BCUT2D eigenvalue weighted by atomic mass is 10.1. The van der Waals surface area contributed by atoms with Crippen LogP contribution >= 0.6 is 15.9 Å². The van der Waals surface area contributed by atoms with Gasteiger partial charge in [0.05, 0.1) is 19.1 Å². The number of nitrogens with zero attached hydrogens (tertiary/aromatic N) is 1. The topological polar surface area (TPSA) is 29.5 Å². The molecule has 0 aromatic heterocycles. The Morgan fingerprint density at radius 3 is 2.68 bits per heavy atom. The molecule has 1 aromatic rings. The molecule has 1 saturated carbocycles. The highest BCUT2D eigenvalue weighted by molar-refractivity contribution is 9.09. The Morgan fingerprint density at radius 2 is 2.11 bits per heavy atom. The maximum Gasteiger partial charge on any atom is 0.229 e. The molecule has 1 amide bonds. The number of amides is 1. The molecule has 3 rings (SSSR count). The summed E-state index contributed by atoms with van der Waals surface area (Å²) < 4.78 is 19.1. The molecule has 1 saturated heterocycles. The minimum absolute atomic E-state index is 0.0518. The fraction of sp³-hybridized carbons (Fsp3) is 0.500. The Bertz CT molecular complexity index is 493. The maximum absolute atomic E-state index is 14.0. The number of halogens is 2. The summed E-state index contributed by atoms with van der Waals surface area (Å²) in [5, 5.41) is 0. The Morgan fingerprint density at radius 1 is 1.42 bits per heavy atom. The van der Waals surface area contributed by atoms with Crippen LogP contribution < -0.4 is 4.74 Å². The van der Waals surface area contributed by atoms with E-state index < -0.39 is 12.1 Å². The van der Waals surface area contributed by atoms with Crippen molar-refractivity contribution in [1.82, 2.24) is 4.90 Å². The van der Waals surface area contributed by atoms with E-state index in [1.165, 1.54) is 0 Å². The first kappa shape index (κ1) is 12.9. The molecule has 4 atom stereocenters. The third kappa shape index (κ3) is 2.04. The van der Waals surface area contributed by atoms with Crippen LogP contribution in [0.2, 0.25) is 0 Å². The lowest BCUT2D eigenvalue weighted by Crippen LogP contribution is -2.42. The van der Waals surface area contributed by atoms with Gasteiger partial charge in [0, 0.05) is 11.4 Å². The SMILES string of the molecule is COc1ccc(CN2C(=O)[C@H]3C[C@H](Br)[C@@H]2[C@@H]3F)cc1. The molecule has 2 fully saturated rings. The lowest BCUT2D eigenvalue weighted by molar-refractivity contribution is -0.134. The molecule has 2 bridgehead atoms. The van der Waals surface area contributed by atoms with Crippen LogP contribution in [0.3, 0.4) is 0 Å². The summed E-state index contributed by atoms with van der Waals surface area (Å²) in [5.74, 6) is 0.274. The zero-order valence-electron chi connectivity index (χ0n) is 10.6. The predicted octanol–water partition coefficient (Wildman–Crippen LogP) is 2.53. The molecule has 19 heavy (non-hydrogen) atoms. The lowest BCUT2D eigenvalue weighted by Gasteiger charge is -2.30. The molecule has 0 N–H and O–H groups in total. The smallest absolute Gasteiger partial charge is 0.229 e. The van der Waals surface area contributed by atoms with E-state index in [1.54, 1.807) is 12.0 Å².